The maximum absolute atomic E-state index is 6.37. The molecule has 4 heteroatoms. The molecule has 4 N–H and O–H groups in total. The summed E-state index contributed by atoms with van der Waals surface area (Å²) < 4.78 is 12.7. The fraction of sp³-hybridized carbons (Fsp3) is 0.122. The van der Waals surface area contributed by atoms with Gasteiger partial charge >= 0.3 is 0 Å². The van der Waals surface area contributed by atoms with Crippen LogP contribution < -0.4 is 20.9 Å². The highest BCUT2D eigenvalue weighted by molar-refractivity contribution is 5.86. The molecular weight excluding hydrogens is 552 g/mol. The molecule has 0 aliphatic heterocycles. The van der Waals surface area contributed by atoms with Gasteiger partial charge in [0.15, 0.2) is 0 Å². The molecule has 0 bridgehead atoms. The molecule has 0 spiro atoms. The topological polar surface area (TPSA) is 70.5 Å². The molecule has 0 saturated heterocycles. The van der Waals surface area contributed by atoms with E-state index in [0.717, 1.165) is 56.6 Å². The molecule has 4 nitrogen and oxygen atoms in total. The van der Waals surface area contributed by atoms with Crippen LogP contribution in [0.4, 0.5) is 11.4 Å². The van der Waals surface area contributed by atoms with E-state index in [0.29, 0.717) is 0 Å². The van der Waals surface area contributed by atoms with Gasteiger partial charge in [-0.05, 0) is 132 Å². The summed E-state index contributed by atoms with van der Waals surface area (Å²) in [6.07, 6.45) is 0. The minimum atomic E-state index is -0.532. The fourth-order valence-corrected chi connectivity index (χ4v) is 6.70. The van der Waals surface area contributed by atoms with Crippen LogP contribution in [0.1, 0.15) is 44.5 Å². The summed E-state index contributed by atoms with van der Waals surface area (Å²) in [5, 5.41) is 0. The van der Waals surface area contributed by atoms with Gasteiger partial charge in [0.05, 0.1) is 5.41 Å². The lowest BCUT2D eigenvalue weighted by atomic mass is 9.67. The average Bonchev–Trinajstić information content (AvgIpc) is 3.34. The third-order valence-corrected chi connectivity index (χ3v) is 9.11. The van der Waals surface area contributed by atoms with Crippen LogP contribution in [0.3, 0.4) is 0 Å². The first-order chi connectivity index (χ1) is 21.8. The molecule has 6 aromatic carbocycles. The molecule has 6 aromatic rings. The predicted molar refractivity (Wildman–Crippen MR) is 185 cm³/mol. The summed E-state index contributed by atoms with van der Waals surface area (Å²) >= 11 is 0. The second-order valence-electron chi connectivity index (χ2n) is 12.0. The molecule has 45 heavy (non-hydrogen) atoms. The molecular formula is C41H36N2O2. The highest BCUT2D eigenvalue weighted by atomic mass is 16.5. The van der Waals surface area contributed by atoms with Gasteiger partial charge in [-0.3, -0.25) is 0 Å². The van der Waals surface area contributed by atoms with Gasteiger partial charge < -0.3 is 20.9 Å². The van der Waals surface area contributed by atoms with Gasteiger partial charge in [0, 0.05) is 11.4 Å². The van der Waals surface area contributed by atoms with Gasteiger partial charge in [0.25, 0.3) is 0 Å². The number of fused-ring (bicyclic) bond motifs is 3. The van der Waals surface area contributed by atoms with Crippen molar-refractivity contribution < 1.29 is 9.47 Å². The summed E-state index contributed by atoms with van der Waals surface area (Å²) in [4.78, 5) is 0. The Hall–Kier alpha value is -5.48. The standard InChI is InChI=1S/C41H36N2O2/c1-25-23-31(15-17-37(25)42)44-39-19-13-29(21-27(39)3)41(35-11-7-5-9-33(35)34-10-6-8-12-36(34)41)30-14-20-40(28(4)22-30)45-32-16-18-38(43)26(2)24-32/h5-24H,42-43H2,1-4H3. The highest BCUT2D eigenvalue weighted by Gasteiger charge is 2.46. The first-order valence-corrected chi connectivity index (χ1v) is 15.3. The zero-order valence-corrected chi connectivity index (χ0v) is 26.0. The normalized spacial score (nSPS) is 12.8. The molecule has 0 fully saturated rings. The molecule has 0 saturated carbocycles. The van der Waals surface area contributed by atoms with E-state index in [1.54, 1.807) is 0 Å². The van der Waals surface area contributed by atoms with Crippen LogP contribution in [-0.2, 0) is 5.41 Å². The van der Waals surface area contributed by atoms with Gasteiger partial charge in [0.1, 0.15) is 23.0 Å². The number of rotatable bonds is 6. The van der Waals surface area contributed by atoms with Crippen molar-refractivity contribution in [3.05, 3.63) is 166 Å². The van der Waals surface area contributed by atoms with Crippen molar-refractivity contribution >= 4 is 11.4 Å². The molecule has 0 aromatic heterocycles. The average molecular weight is 589 g/mol. The fourth-order valence-electron chi connectivity index (χ4n) is 6.70. The van der Waals surface area contributed by atoms with Crippen molar-refractivity contribution in [2.45, 2.75) is 33.1 Å². The molecule has 0 atom stereocenters. The number of aryl methyl sites for hydroxylation is 4. The van der Waals surface area contributed by atoms with Crippen LogP contribution in [-0.4, -0.2) is 0 Å². The number of hydrogen-bond donors (Lipinski definition) is 2. The van der Waals surface area contributed by atoms with Crippen molar-refractivity contribution in [2.75, 3.05) is 11.5 Å². The van der Waals surface area contributed by atoms with Crippen molar-refractivity contribution in [3.8, 4) is 34.1 Å². The smallest absolute Gasteiger partial charge is 0.130 e. The van der Waals surface area contributed by atoms with E-state index in [2.05, 4.69) is 98.8 Å². The largest absolute Gasteiger partial charge is 0.457 e. The van der Waals surface area contributed by atoms with Gasteiger partial charge in [-0.1, -0.05) is 72.8 Å². The van der Waals surface area contributed by atoms with Gasteiger partial charge in [-0.15, -0.1) is 0 Å². The monoisotopic (exact) mass is 588 g/mol. The Labute approximate surface area is 264 Å². The Bertz CT molecular complexity index is 1940. The Morgan fingerprint density at radius 2 is 0.867 bits per heavy atom. The lowest BCUT2D eigenvalue weighted by Crippen LogP contribution is -2.28. The van der Waals surface area contributed by atoms with E-state index < -0.39 is 5.41 Å². The molecule has 1 aliphatic rings. The molecule has 0 heterocycles. The summed E-state index contributed by atoms with van der Waals surface area (Å²) in [7, 11) is 0. The lowest BCUT2D eigenvalue weighted by Gasteiger charge is -2.34. The number of anilines is 2. The summed E-state index contributed by atoms with van der Waals surface area (Å²) in [5.41, 5.74) is 24.6. The Kier molecular flexibility index (Phi) is 6.86. The maximum Gasteiger partial charge on any atom is 0.130 e. The van der Waals surface area contributed by atoms with Gasteiger partial charge in [-0.25, -0.2) is 0 Å². The van der Waals surface area contributed by atoms with E-state index in [1.165, 1.54) is 33.4 Å². The maximum atomic E-state index is 6.37. The molecule has 0 radical (unpaired) electrons. The predicted octanol–water partition coefficient (Wildman–Crippen LogP) is 10.0. The van der Waals surface area contributed by atoms with E-state index in [4.69, 9.17) is 20.9 Å². The highest BCUT2D eigenvalue weighted by Crippen LogP contribution is 2.56. The van der Waals surface area contributed by atoms with Crippen LogP contribution in [0.15, 0.2) is 121 Å². The van der Waals surface area contributed by atoms with Crippen molar-refractivity contribution in [2.24, 2.45) is 0 Å². The zero-order chi connectivity index (χ0) is 31.3. The number of benzene rings is 6. The van der Waals surface area contributed by atoms with Crippen molar-refractivity contribution in [1.82, 2.24) is 0 Å². The Morgan fingerprint density at radius 3 is 1.27 bits per heavy atom. The van der Waals surface area contributed by atoms with Crippen LogP contribution in [0.25, 0.3) is 11.1 Å². The van der Waals surface area contributed by atoms with Gasteiger partial charge in [-0.2, -0.15) is 0 Å². The minimum absolute atomic E-state index is 0.532. The molecule has 1 aliphatic carbocycles. The van der Waals surface area contributed by atoms with E-state index in [1.807, 2.05) is 50.2 Å². The van der Waals surface area contributed by atoms with Crippen molar-refractivity contribution in [3.63, 3.8) is 0 Å². The second kappa shape index (κ2) is 10.9. The third-order valence-electron chi connectivity index (χ3n) is 9.11. The minimum Gasteiger partial charge on any atom is -0.457 e. The van der Waals surface area contributed by atoms with E-state index in [-0.39, 0.29) is 0 Å². The van der Waals surface area contributed by atoms with E-state index >= 15 is 0 Å². The summed E-state index contributed by atoms with van der Waals surface area (Å²) in [6, 6.07) is 42.2. The van der Waals surface area contributed by atoms with Gasteiger partial charge in [0.2, 0.25) is 0 Å². The number of nitrogens with two attached hydrogens (primary N) is 2. The SMILES string of the molecule is Cc1cc(Oc2ccc(C3(c4ccc(Oc5ccc(N)c(C)c5)c(C)c4)c4ccccc4-c4ccccc43)cc2C)ccc1N. The molecule has 7 rings (SSSR count). The second-order valence-corrected chi connectivity index (χ2v) is 12.0. The van der Waals surface area contributed by atoms with Crippen LogP contribution in [0, 0.1) is 27.7 Å². The number of nitrogen functional groups attached to an aromatic ring is 2. The van der Waals surface area contributed by atoms with Crippen molar-refractivity contribution in [1.29, 1.82) is 0 Å². The number of ether oxygens (including phenoxy) is 2. The third kappa shape index (κ3) is 4.70. The summed E-state index contributed by atoms with van der Waals surface area (Å²) in [6.45, 7) is 8.21. The molecule has 0 unspecified atom stereocenters. The summed E-state index contributed by atoms with van der Waals surface area (Å²) in [5.74, 6) is 3.17. The van der Waals surface area contributed by atoms with Crippen LogP contribution in [0.2, 0.25) is 0 Å². The Morgan fingerprint density at radius 1 is 0.444 bits per heavy atom. The quantitative estimate of drug-likeness (QED) is 0.190. The van der Waals surface area contributed by atoms with Crippen LogP contribution >= 0.6 is 0 Å². The molecule has 222 valence electrons. The lowest BCUT2D eigenvalue weighted by molar-refractivity contribution is 0.477. The first-order valence-electron chi connectivity index (χ1n) is 15.3. The first kappa shape index (κ1) is 28.3. The van der Waals surface area contributed by atoms with E-state index in [9.17, 15) is 0 Å². The molecule has 0 amide bonds. The van der Waals surface area contributed by atoms with Crippen LogP contribution in [0.5, 0.6) is 23.0 Å². The zero-order valence-electron chi connectivity index (χ0n) is 26.0. The number of hydrogen-bond acceptors (Lipinski definition) is 4. The Balaban J connectivity index is 1.38.